The number of anilines is 1. The highest BCUT2D eigenvalue weighted by Gasteiger charge is 2.35. The van der Waals surface area contributed by atoms with E-state index in [9.17, 15) is 4.79 Å². The molecule has 0 N–H and O–H groups in total. The first-order chi connectivity index (χ1) is 16.2. The first-order valence-corrected chi connectivity index (χ1v) is 12.0. The highest BCUT2D eigenvalue weighted by Crippen LogP contribution is 2.44. The lowest BCUT2D eigenvalue weighted by Crippen LogP contribution is -2.36. The van der Waals surface area contributed by atoms with Crippen LogP contribution in [-0.2, 0) is 4.79 Å². The molecule has 2 aromatic carbocycles. The van der Waals surface area contributed by atoms with Crippen LogP contribution in [-0.4, -0.2) is 33.6 Å². The number of carbonyl (C=O) groups is 1. The molecule has 1 amide bonds. The molecule has 5 rings (SSSR count). The molecular weight excluding hydrogens is 440 g/mol. The fourth-order valence-corrected chi connectivity index (χ4v) is 4.69. The normalized spacial score (nSPS) is 15.9. The van der Waals surface area contributed by atoms with Gasteiger partial charge in [0.25, 0.3) is 0 Å². The smallest absolute Gasteiger partial charge is 0.247 e. The van der Waals surface area contributed by atoms with E-state index in [-0.39, 0.29) is 12.7 Å². The monoisotopic (exact) mass is 464 g/mol. The molecule has 0 radical (unpaired) electrons. The first-order valence-electron chi connectivity index (χ1n) is 11.0. The number of fused-ring (bicyclic) bond motifs is 4. The minimum Gasteiger partial charge on any atom is -0.454 e. The van der Waals surface area contributed by atoms with Crippen LogP contribution < -0.4 is 19.1 Å². The number of ether oxygens (including phenoxy) is 3. The SMILES string of the molecule is CCCCCSc1nnc2c(n1)O[C@@H](c1ccc3c(c1)OCO3)N(C(C)=O)c1ccccc1-2. The van der Waals surface area contributed by atoms with Crippen LogP contribution in [0.5, 0.6) is 17.4 Å². The average molecular weight is 465 g/mol. The Morgan fingerprint density at radius 2 is 1.97 bits per heavy atom. The minimum absolute atomic E-state index is 0.167. The number of unbranched alkanes of at least 4 members (excludes halogenated alkanes) is 2. The lowest BCUT2D eigenvalue weighted by atomic mass is 10.1. The minimum atomic E-state index is -0.756. The average Bonchev–Trinajstić information content (AvgIpc) is 3.24. The zero-order valence-electron chi connectivity index (χ0n) is 18.5. The molecule has 0 saturated carbocycles. The highest BCUT2D eigenvalue weighted by atomic mass is 32.2. The number of para-hydroxylation sites is 1. The fourth-order valence-electron chi connectivity index (χ4n) is 3.91. The van der Waals surface area contributed by atoms with Gasteiger partial charge in [0.05, 0.1) is 5.69 Å². The van der Waals surface area contributed by atoms with Crippen LogP contribution in [0.15, 0.2) is 47.6 Å². The Bertz CT molecular complexity index is 1190. The molecule has 0 unspecified atom stereocenters. The second-order valence-corrected chi connectivity index (χ2v) is 8.85. The number of thioether (sulfide) groups is 1. The molecule has 0 fully saturated rings. The molecule has 1 aromatic heterocycles. The Morgan fingerprint density at radius 3 is 2.82 bits per heavy atom. The van der Waals surface area contributed by atoms with E-state index in [0.29, 0.717) is 33.9 Å². The van der Waals surface area contributed by atoms with Gasteiger partial charge in [0.15, 0.2) is 17.2 Å². The molecule has 170 valence electrons. The number of nitrogens with zero attached hydrogens (tertiary/aromatic N) is 4. The summed E-state index contributed by atoms with van der Waals surface area (Å²) in [6.45, 7) is 3.86. The number of aromatic nitrogens is 3. The van der Waals surface area contributed by atoms with Gasteiger partial charge in [0.2, 0.25) is 30.0 Å². The Labute approximate surface area is 196 Å². The summed E-state index contributed by atoms with van der Waals surface area (Å²) in [6, 6.07) is 13.1. The van der Waals surface area contributed by atoms with Crippen LogP contribution >= 0.6 is 11.8 Å². The molecule has 2 aliphatic rings. The largest absolute Gasteiger partial charge is 0.454 e. The molecule has 2 aliphatic heterocycles. The zero-order chi connectivity index (χ0) is 22.8. The predicted octanol–water partition coefficient (Wildman–Crippen LogP) is 4.99. The predicted molar refractivity (Wildman–Crippen MR) is 125 cm³/mol. The topological polar surface area (TPSA) is 86.7 Å². The van der Waals surface area contributed by atoms with E-state index in [4.69, 9.17) is 14.2 Å². The lowest BCUT2D eigenvalue weighted by molar-refractivity contribution is -0.118. The van der Waals surface area contributed by atoms with Gasteiger partial charge in [-0.05, 0) is 30.7 Å². The Morgan fingerprint density at radius 1 is 1.12 bits per heavy atom. The summed E-state index contributed by atoms with van der Waals surface area (Å²) in [5.41, 5.74) is 2.69. The summed E-state index contributed by atoms with van der Waals surface area (Å²) >= 11 is 1.56. The third-order valence-electron chi connectivity index (χ3n) is 5.51. The van der Waals surface area contributed by atoms with Gasteiger partial charge in [-0.25, -0.2) is 0 Å². The second-order valence-electron chi connectivity index (χ2n) is 7.79. The summed E-state index contributed by atoms with van der Waals surface area (Å²) in [5.74, 6) is 2.38. The third kappa shape index (κ3) is 4.20. The number of benzene rings is 2. The Hall–Kier alpha value is -3.33. The van der Waals surface area contributed by atoms with E-state index >= 15 is 0 Å². The molecule has 0 bridgehead atoms. The highest BCUT2D eigenvalue weighted by molar-refractivity contribution is 7.99. The van der Waals surface area contributed by atoms with E-state index in [2.05, 4.69) is 22.1 Å². The van der Waals surface area contributed by atoms with Crippen molar-refractivity contribution >= 4 is 23.4 Å². The van der Waals surface area contributed by atoms with Gasteiger partial charge < -0.3 is 14.2 Å². The zero-order valence-corrected chi connectivity index (χ0v) is 19.3. The van der Waals surface area contributed by atoms with Gasteiger partial charge in [-0.2, -0.15) is 4.98 Å². The summed E-state index contributed by atoms with van der Waals surface area (Å²) in [6.07, 6.45) is 2.65. The van der Waals surface area contributed by atoms with Gasteiger partial charge in [0, 0.05) is 23.8 Å². The lowest BCUT2D eigenvalue weighted by Gasteiger charge is -2.29. The summed E-state index contributed by atoms with van der Waals surface area (Å²) in [7, 11) is 0. The number of hydrogen-bond acceptors (Lipinski definition) is 8. The van der Waals surface area contributed by atoms with E-state index in [1.165, 1.54) is 6.92 Å². The van der Waals surface area contributed by atoms with E-state index in [1.54, 1.807) is 16.7 Å². The first kappa shape index (κ1) is 21.5. The summed E-state index contributed by atoms with van der Waals surface area (Å²) in [4.78, 5) is 19.2. The molecule has 8 nitrogen and oxygen atoms in total. The molecule has 3 heterocycles. The number of carbonyl (C=O) groups excluding carboxylic acids is 1. The van der Waals surface area contributed by atoms with Crippen LogP contribution in [0.2, 0.25) is 0 Å². The van der Waals surface area contributed by atoms with Crippen LogP contribution in [0.3, 0.4) is 0 Å². The summed E-state index contributed by atoms with van der Waals surface area (Å²) in [5, 5.41) is 9.34. The van der Waals surface area contributed by atoms with Crippen molar-refractivity contribution in [3.8, 4) is 28.6 Å². The van der Waals surface area contributed by atoms with Crippen molar-refractivity contribution in [1.29, 1.82) is 0 Å². The van der Waals surface area contributed by atoms with Crippen molar-refractivity contribution < 1.29 is 19.0 Å². The second kappa shape index (κ2) is 9.27. The maximum atomic E-state index is 12.9. The van der Waals surface area contributed by atoms with Crippen molar-refractivity contribution in [2.45, 2.75) is 44.5 Å². The third-order valence-corrected chi connectivity index (χ3v) is 6.44. The van der Waals surface area contributed by atoms with Crippen molar-refractivity contribution in [2.24, 2.45) is 0 Å². The maximum Gasteiger partial charge on any atom is 0.247 e. The quantitative estimate of drug-likeness (QED) is 0.372. The van der Waals surface area contributed by atoms with Gasteiger partial charge in [-0.3, -0.25) is 9.69 Å². The Balaban J connectivity index is 1.59. The van der Waals surface area contributed by atoms with E-state index < -0.39 is 6.23 Å². The maximum absolute atomic E-state index is 12.9. The number of amides is 1. The van der Waals surface area contributed by atoms with Crippen LogP contribution in [0.25, 0.3) is 11.3 Å². The molecule has 0 saturated heterocycles. The van der Waals surface area contributed by atoms with E-state index in [1.807, 2.05) is 42.5 Å². The molecule has 0 spiro atoms. The molecule has 1 atom stereocenters. The van der Waals surface area contributed by atoms with Crippen molar-refractivity contribution in [1.82, 2.24) is 15.2 Å². The summed E-state index contributed by atoms with van der Waals surface area (Å²) < 4.78 is 17.4. The van der Waals surface area contributed by atoms with Crippen LogP contribution in [0.1, 0.15) is 44.9 Å². The molecule has 9 heteroatoms. The van der Waals surface area contributed by atoms with Crippen LogP contribution in [0, 0.1) is 0 Å². The molecule has 33 heavy (non-hydrogen) atoms. The van der Waals surface area contributed by atoms with Crippen LogP contribution in [0.4, 0.5) is 5.69 Å². The number of rotatable bonds is 6. The standard InChI is InChI=1S/C24H24N4O4S/c1-3-4-7-12-33-24-25-22-21(26-27-24)17-8-5-6-9-18(17)28(15(2)29)23(32-22)16-10-11-19-20(13-16)31-14-30-19/h5-6,8-11,13,23H,3-4,7,12,14H2,1-2H3/t23-/m0/s1. The van der Waals surface area contributed by atoms with Crippen molar-refractivity contribution in [2.75, 3.05) is 17.4 Å². The molecular formula is C24H24N4O4S. The van der Waals surface area contributed by atoms with Gasteiger partial charge >= 0.3 is 0 Å². The Kier molecular flexibility index (Phi) is 6.04. The van der Waals surface area contributed by atoms with Crippen molar-refractivity contribution in [3.63, 3.8) is 0 Å². The van der Waals surface area contributed by atoms with E-state index in [0.717, 1.165) is 36.1 Å². The fraction of sp³-hybridized carbons (Fsp3) is 0.333. The van der Waals surface area contributed by atoms with Crippen molar-refractivity contribution in [3.05, 3.63) is 48.0 Å². The number of hydrogen-bond donors (Lipinski definition) is 0. The molecule has 0 aliphatic carbocycles. The van der Waals surface area contributed by atoms with Gasteiger partial charge in [-0.15, -0.1) is 10.2 Å². The molecule has 3 aromatic rings. The van der Waals surface area contributed by atoms with Gasteiger partial charge in [0.1, 0.15) is 0 Å². The van der Waals surface area contributed by atoms with Gasteiger partial charge in [-0.1, -0.05) is 49.7 Å².